The number of nitrogens with zero attached hydrogens (tertiary/aromatic N) is 2. The maximum atomic E-state index is 13.5. The van der Waals surface area contributed by atoms with Crippen molar-refractivity contribution < 1.29 is 14.4 Å². The van der Waals surface area contributed by atoms with Crippen LogP contribution in [0.2, 0.25) is 5.02 Å². The average molecular weight is 514 g/mol. The van der Waals surface area contributed by atoms with E-state index < -0.39 is 0 Å². The molecule has 0 unspecified atom stereocenters. The van der Waals surface area contributed by atoms with Gasteiger partial charge in [0.1, 0.15) is 10.9 Å². The molecule has 9 heteroatoms. The van der Waals surface area contributed by atoms with Gasteiger partial charge in [-0.3, -0.25) is 24.2 Å². The molecule has 0 saturated carbocycles. The quantitative estimate of drug-likeness (QED) is 0.287. The highest BCUT2D eigenvalue weighted by atomic mass is 35.5. The van der Waals surface area contributed by atoms with E-state index in [1.807, 2.05) is 6.07 Å². The van der Waals surface area contributed by atoms with Crippen LogP contribution in [-0.4, -0.2) is 40.0 Å². The summed E-state index contributed by atoms with van der Waals surface area (Å²) >= 11 is 12.6. The van der Waals surface area contributed by atoms with E-state index in [0.29, 0.717) is 43.3 Å². The number of amides is 3. The Morgan fingerprint density at radius 2 is 1.82 bits per heavy atom. The lowest BCUT2D eigenvalue weighted by atomic mass is 10.1. The Bertz CT molecular complexity index is 1200. The first-order valence-corrected chi connectivity index (χ1v) is 12.8. The fourth-order valence-corrected chi connectivity index (χ4v) is 5.58. The van der Waals surface area contributed by atoms with E-state index in [1.165, 1.54) is 4.90 Å². The molecule has 1 fully saturated rings. The molecule has 0 bridgehead atoms. The van der Waals surface area contributed by atoms with Crippen LogP contribution in [0.4, 0.5) is 11.4 Å². The fraction of sp³-hybridized carbons (Fsp3) is 0.280. The van der Waals surface area contributed by atoms with Gasteiger partial charge in [-0.05, 0) is 30.7 Å². The number of carbonyl (C=O) groups excluding carboxylic acids is 3. The minimum absolute atomic E-state index is 0.191. The van der Waals surface area contributed by atoms with Crippen molar-refractivity contribution in [2.45, 2.75) is 32.6 Å². The molecule has 0 aliphatic carbocycles. The Labute approximate surface area is 213 Å². The highest BCUT2D eigenvalue weighted by Gasteiger charge is 2.42. The van der Waals surface area contributed by atoms with Crippen molar-refractivity contribution in [1.29, 1.82) is 0 Å². The van der Waals surface area contributed by atoms with Crippen LogP contribution >= 0.6 is 35.6 Å². The molecule has 2 heterocycles. The number of fused-ring (bicyclic) bond motifs is 1. The first kappa shape index (κ1) is 24.4. The van der Waals surface area contributed by atoms with Gasteiger partial charge in [0.05, 0.1) is 16.2 Å². The number of unbranched alkanes of at least 4 members (excludes halogenated alkanes) is 3. The highest BCUT2D eigenvalue weighted by Crippen LogP contribution is 2.44. The first-order chi connectivity index (χ1) is 16.4. The molecule has 0 spiro atoms. The summed E-state index contributed by atoms with van der Waals surface area (Å²) in [5, 5.41) is 3.27. The van der Waals surface area contributed by atoms with Gasteiger partial charge in [-0.25, -0.2) is 0 Å². The second-order valence-corrected chi connectivity index (χ2v) is 10.1. The number of halogens is 1. The lowest BCUT2D eigenvalue weighted by molar-refractivity contribution is -0.122. The van der Waals surface area contributed by atoms with Crippen molar-refractivity contribution in [3.05, 3.63) is 64.0 Å². The van der Waals surface area contributed by atoms with Crippen molar-refractivity contribution in [3.8, 4) is 0 Å². The van der Waals surface area contributed by atoms with E-state index in [4.69, 9.17) is 23.8 Å². The van der Waals surface area contributed by atoms with Gasteiger partial charge >= 0.3 is 0 Å². The van der Waals surface area contributed by atoms with E-state index in [1.54, 1.807) is 47.4 Å². The predicted molar refractivity (Wildman–Crippen MR) is 142 cm³/mol. The lowest BCUT2D eigenvalue weighted by Gasteiger charge is -2.17. The largest absolute Gasteiger partial charge is 0.324 e. The van der Waals surface area contributed by atoms with Crippen molar-refractivity contribution >= 4 is 74.6 Å². The maximum absolute atomic E-state index is 13.5. The van der Waals surface area contributed by atoms with E-state index >= 15 is 0 Å². The smallest absolute Gasteiger partial charge is 0.267 e. The molecule has 1 saturated heterocycles. The number of thioether (sulfide) groups is 1. The van der Waals surface area contributed by atoms with Crippen LogP contribution in [0.5, 0.6) is 0 Å². The van der Waals surface area contributed by atoms with Crippen molar-refractivity contribution in [1.82, 2.24) is 4.90 Å². The summed E-state index contributed by atoms with van der Waals surface area (Å²) < 4.78 is 0.464. The van der Waals surface area contributed by atoms with Gasteiger partial charge in [-0.1, -0.05) is 86.0 Å². The zero-order valence-electron chi connectivity index (χ0n) is 18.7. The summed E-state index contributed by atoms with van der Waals surface area (Å²) in [6.07, 6.45) is 4.10. The van der Waals surface area contributed by atoms with Crippen molar-refractivity contribution in [2.24, 2.45) is 0 Å². The van der Waals surface area contributed by atoms with Gasteiger partial charge in [0.15, 0.2) is 0 Å². The fourth-order valence-electron chi connectivity index (χ4n) is 4.01. The average Bonchev–Trinajstić information content (AvgIpc) is 3.24. The molecular formula is C25H24ClN3O3S2. The van der Waals surface area contributed by atoms with Crippen LogP contribution in [0.15, 0.2) is 53.4 Å². The molecule has 1 N–H and O–H groups in total. The zero-order valence-corrected chi connectivity index (χ0v) is 21.1. The predicted octanol–water partition coefficient (Wildman–Crippen LogP) is 5.48. The molecule has 3 amide bonds. The van der Waals surface area contributed by atoms with Gasteiger partial charge in [0.2, 0.25) is 5.91 Å². The van der Waals surface area contributed by atoms with Gasteiger partial charge in [-0.15, -0.1) is 0 Å². The van der Waals surface area contributed by atoms with Crippen molar-refractivity contribution in [3.63, 3.8) is 0 Å². The number of benzene rings is 2. The Morgan fingerprint density at radius 3 is 2.59 bits per heavy atom. The highest BCUT2D eigenvalue weighted by molar-refractivity contribution is 8.26. The molecule has 2 aromatic rings. The molecule has 0 aromatic heterocycles. The summed E-state index contributed by atoms with van der Waals surface area (Å²) in [5.41, 5.74) is 2.08. The third kappa shape index (κ3) is 5.04. The summed E-state index contributed by atoms with van der Waals surface area (Å²) in [7, 11) is 0. The second kappa shape index (κ2) is 10.7. The Balaban J connectivity index is 1.57. The number of hydrogen-bond donors (Lipinski definition) is 1. The van der Waals surface area contributed by atoms with Crippen LogP contribution in [-0.2, 0) is 14.4 Å². The number of thiocarbonyl (C=S) groups is 1. The van der Waals surface area contributed by atoms with E-state index in [2.05, 4.69) is 12.2 Å². The van der Waals surface area contributed by atoms with Crippen LogP contribution in [0.1, 0.15) is 38.2 Å². The Morgan fingerprint density at radius 1 is 1.03 bits per heavy atom. The van der Waals surface area contributed by atoms with Gasteiger partial charge in [-0.2, -0.15) is 0 Å². The minimum atomic E-state index is -0.381. The lowest BCUT2D eigenvalue weighted by Crippen LogP contribution is -2.35. The molecular weight excluding hydrogens is 490 g/mol. The van der Waals surface area contributed by atoms with Gasteiger partial charge < -0.3 is 5.32 Å². The Kier molecular flexibility index (Phi) is 7.70. The van der Waals surface area contributed by atoms with Gasteiger partial charge in [0.25, 0.3) is 11.8 Å². The molecule has 2 aliphatic rings. The van der Waals surface area contributed by atoms with Crippen LogP contribution in [0.3, 0.4) is 0 Å². The van der Waals surface area contributed by atoms with Crippen molar-refractivity contribution in [2.75, 3.05) is 23.3 Å². The van der Waals surface area contributed by atoms with Gasteiger partial charge in [0, 0.05) is 22.8 Å². The number of anilines is 2. The van der Waals surface area contributed by atoms with Crippen LogP contribution in [0, 0.1) is 0 Å². The molecule has 6 nitrogen and oxygen atoms in total. The molecule has 34 heavy (non-hydrogen) atoms. The molecule has 4 rings (SSSR count). The SMILES string of the molecule is CCCCCCN1C(=O)/C(=C2\C(=O)N(CC(=O)Nc3cccc(Cl)c3)c3ccccc32)SC1=S. The second-order valence-electron chi connectivity index (χ2n) is 8.06. The number of nitrogens with one attached hydrogen (secondary N) is 1. The number of carbonyl (C=O) groups is 3. The van der Waals surface area contributed by atoms with E-state index in [-0.39, 0.29) is 24.3 Å². The summed E-state index contributed by atoms with van der Waals surface area (Å²) in [6, 6.07) is 14.0. The first-order valence-electron chi connectivity index (χ1n) is 11.1. The standard InChI is InChI=1S/C25H24ClN3O3S2/c1-2-3-4-7-13-28-24(32)22(34-25(28)33)21-18-11-5-6-12-19(18)29(23(21)31)15-20(30)27-17-10-8-9-16(26)14-17/h5-6,8-12,14H,2-4,7,13,15H2,1H3,(H,27,30)/b22-21+. The summed E-state index contributed by atoms with van der Waals surface area (Å²) in [6.45, 7) is 2.49. The number of rotatable bonds is 8. The monoisotopic (exact) mass is 513 g/mol. The van der Waals surface area contributed by atoms with Crippen LogP contribution < -0.4 is 10.2 Å². The third-order valence-corrected chi connectivity index (χ3v) is 7.33. The molecule has 0 radical (unpaired) electrons. The molecule has 0 atom stereocenters. The minimum Gasteiger partial charge on any atom is -0.324 e. The zero-order chi connectivity index (χ0) is 24.2. The topological polar surface area (TPSA) is 69.7 Å². The Hall–Kier alpha value is -2.68. The maximum Gasteiger partial charge on any atom is 0.267 e. The number of hydrogen-bond acceptors (Lipinski definition) is 5. The number of para-hydroxylation sites is 1. The van der Waals surface area contributed by atoms with Crippen LogP contribution in [0.25, 0.3) is 5.57 Å². The summed E-state index contributed by atoms with van der Waals surface area (Å²) in [4.78, 5) is 42.8. The molecule has 2 aliphatic heterocycles. The van der Waals surface area contributed by atoms with E-state index in [0.717, 1.165) is 37.4 Å². The molecule has 176 valence electrons. The van der Waals surface area contributed by atoms with E-state index in [9.17, 15) is 14.4 Å². The normalized spacial score (nSPS) is 17.5. The molecule has 2 aromatic carbocycles. The summed E-state index contributed by atoms with van der Waals surface area (Å²) in [5.74, 6) is -0.987. The third-order valence-electron chi connectivity index (χ3n) is 5.64.